The zero-order chi connectivity index (χ0) is 15.1. The van der Waals surface area contributed by atoms with Gasteiger partial charge in [0.1, 0.15) is 12.3 Å². The third kappa shape index (κ3) is 5.30. The maximum atomic E-state index is 12.2. The van der Waals surface area contributed by atoms with Crippen LogP contribution in [0.25, 0.3) is 0 Å². The predicted molar refractivity (Wildman–Crippen MR) is 75.8 cm³/mol. The second-order valence-corrected chi connectivity index (χ2v) is 5.09. The molecule has 0 heterocycles. The van der Waals surface area contributed by atoms with Gasteiger partial charge in [-0.05, 0) is 23.6 Å². The minimum absolute atomic E-state index is 0.178. The number of carboxylic acid groups (broad SMARTS) is 1. The summed E-state index contributed by atoms with van der Waals surface area (Å²) >= 11 is 0. The number of hydrogen-bond acceptors (Lipinski definition) is 3. The Hall–Kier alpha value is -2.04. The highest BCUT2D eigenvalue weighted by Crippen LogP contribution is 2.14. The summed E-state index contributed by atoms with van der Waals surface area (Å²) < 4.78 is 5.11. The monoisotopic (exact) mass is 279 g/mol. The lowest BCUT2D eigenvalue weighted by Crippen LogP contribution is -2.39. The van der Waals surface area contributed by atoms with Crippen molar-refractivity contribution in [1.29, 1.82) is 0 Å². The van der Waals surface area contributed by atoms with Gasteiger partial charge in [0.25, 0.3) is 0 Å². The van der Waals surface area contributed by atoms with Gasteiger partial charge in [0.05, 0.1) is 13.5 Å². The van der Waals surface area contributed by atoms with Gasteiger partial charge in [0.2, 0.25) is 5.91 Å². The lowest BCUT2D eigenvalue weighted by Gasteiger charge is -2.22. The van der Waals surface area contributed by atoms with Gasteiger partial charge in [-0.1, -0.05) is 26.0 Å². The van der Waals surface area contributed by atoms with Crippen LogP contribution >= 0.6 is 0 Å². The predicted octanol–water partition coefficient (Wildman–Crippen LogP) is 1.81. The van der Waals surface area contributed by atoms with Crippen LogP contribution in [0.5, 0.6) is 5.75 Å². The standard InChI is InChI=1S/C15H21NO4/c1-11(2)9-16(10-15(18)19)14(17)8-12-5-4-6-13(7-12)20-3/h4-7,11H,8-10H2,1-3H3,(H,18,19). The molecule has 0 spiro atoms. The van der Waals surface area contributed by atoms with Crippen molar-refractivity contribution in [2.45, 2.75) is 20.3 Å². The van der Waals surface area contributed by atoms with Gasteiger partial charge in [0, 0.05) is 6.54 Å². The van der Waals surface area contributed by atoms with Crippen molar-refractivity contribution in [3.63, 3.8) is 0 Å². The summed E-state index contributed by atoms with van der Waals surface area (Å²) in [5.41, 5.74) is 0.813. The molecule has 5 nitrogen and oxygen atoms in total. The first kappa shape index (κ1) is 16.0. The van der Waals surface area contributed by atoms with E-state index >= 15 is 0 Å². The summed E-state index contributed by atoms with van der Waals surface area (Å²) in [6.45, 7) is 4.08. The Balaban J connectivity index is 2.75. The summed E-state index contributed by atoms with van der Waals surface area (Å²) in [5.74, 6) is -0.272. The van der Waals surface area contributed by atoms with Crippen LogP contribution in [0.15, 0.2) is 24.3 Å². The van der Waals surface area contributed by atoms with E-state index in [2.05, 4.69) is 0 Å². The average Bonchev–Trinajstić information content (AvgIpc) is 2.37. The summed E-state index contributed by atoms with van der Waals surface area (Å²) in [5, 5.41) is 8.88. The third-order valence-electron chi connectivity index (χ3n) is 2.75. The number of benzene rings is 1. The highest BCUT2D eigenvalue weighted by molar-refractivity contribution is 5.83. The van der Waals surface area contributed by atoms with Crippen molar-refractivity contribution in [3.05, 3.63) is 29.8 Å². The number of aliphatic carboxylic acids is 1. The van der Waals surface area contributed by atoms with Crippen LogP contribution in [0.2, 0.25) is 0 Å². The number of hydrogen-bond donors (Lipinski definition) is 1. The van der Waals surface area contributed by atoms with Crippen LogP contribution in [0.1, 0.15) is 19.4 Å². The third-order valence-corrected chi connectivity index (χ3v) is 2.75. The molecule has 1 rings (SSSR count). The Labute approximate surface area is 119 Å². The van der Waals surface area contributed by atoms with E-state index in [1.807, 2.05) is 26.0 Å². The number of nitrogens with zero attached hydrogens (tertiary/aromatic N) is 1. The van der Waals surface area contributed by atoms with Crippen LogP contribution in [-0.2, 0) is 16.0 Å². The van der Waals surface area contributed by atoms with Crippen molar-refractivity contribution in [2.24, 2.45) is 5.92 Å². The zero-order valence-corrected chi connectivity index (χ0v) is 12.1. The highest BCUT2D eigenvalue weighted by atomic mass is 16.5. The molecule has 1 N–H and O–H groups in total. The molecule has 1 aromatic rings. The molecule has 0 saturated carbocycles. The molecule has 0 aromatic heterocycles. The summed E-state index contributed by atoms with van der Waals surface area (Å²) in [4.78, 5) is 24.4. The second kappa shape index (κ2) is 7.53. The van der Waals surface area contributed by atoms with Crippen molar-refractivity contribution < 1.29 is 19.4 Å². The molecule has 0 atom stereocenters. The number of rotatable bonds is 7. The molecule has 1 aromatic carbocycles. The Bertz CT molecular complexity index is 471. The van der Waals surface area contributed by atoms with Crippen molar-refractivity contribution in [1.82, 2.24) is 4.90 Å². The quantitative estimate of drug-likeness (QED) is 0.826. The maximum Gasteiger partial charge on any atom is 0.323 e. The molecule has 0 aliphatic heterocycles. The molecular formula is C15H21NO4. The molecule has 0 aliphatic rings. The number of carboxylic acids is 1. The van der Waals surface area contributed by atoms with Gasteiger partial charge < -0.3 is 14.7 Å². The number of carbonyl (C=O) groups excluding carboxylic acids is 1. The maximum absolute atomic E-state index is 12.2. The average molecular weight is 279 g/mol. The van der Waals surface area contributed by atoms with Gasteiger partial charge in [-0.3, -0.25) is 9.59 Å². The molecule has 1 amide bonds. The molecule has 0 unspecified atom stereocenters. The first-order valence-electron chi connectivity index (χ1n) is 6.55. The fourth-order valence-corrected chi connectivity index (χ4v) is 1.93. The van der Waals surface area contributed by atoms with Crippen LogP contribution in [0, 0.1) is 5.92 Å². The van der Waals surface area contributed by atoms with Crippen molar-refractivity contribution >= 4 is 11.9 Å². The van der Waals surface area contributed by atoms with Crippen LogP contribution in [0.4, 0.5) is 0 Å². The minimum atomic E-state index is -0.996. The number of carbonyl (C=O) groups is 2. The topological polar surface area (TPSA) is 66.8 Å². The smallest absolute Gasteiger partial charge is 0.323 e. The van der Waals surface area contributed by atoms with E-state index in [1.165, 1.54) is 4.90 Å². The minimum Gasteiger partial charge on any atom is -0.497 e. The van der Waals surface area contributed by atoms with E-state index in [4.69, 9.17) is 9.84 Å². The summed E-state index contributed by atoms with van der Waals surface area (Å²) in [6.07, 6.45) is 0.178. The van der Waals surface area contributed by atoms with Crippen LogP contribution in [0.3, 0.4) is 0 Å². The zero-order valence-electron chi connectivity index (χ0n) is 12.1. The lowest BCUT2D eigenvalue weighted by atomic mass is 10.1. The van der Waals surface area contributed by atoms with E-state index in [9.17, 15) is 9.59 Å². The van der Waals surface area contributed by atoms with Gasteiger partial charge in [-0.15, -0.1) is 0 Å². The summed E-state index contributed by atoms with van der Waals surface area (Å²) in [6, 6.07) is 7.23. The number of amides is 1. The van der Waals surface area contributed by atoms with Crippen molar-refractivity contribution in [2.75, 3.05) is 20.2 Å². The van der Waals surface area contributed by atoms with Gasteiger partial charge >= 0.3 is 5.97 Å². The van der Waals surface area contributed by atoms with Crippen LogP contribution in [-0.4, -0.2) is 42.1 Å². The molecule has 20 heavy (non-hydrogen) atoms. The van der Waals surface area contributed by atoms with Crippen molar-refractivity contribution in [3.8, 4) is 5.75 Å². The lowest BCUT2D eigenvalue weighted by molar-refractivity contribution is -0.144. The fourth-order valence-electron chi connectivity index (χ4n) is 1.93. The molecule has 0 bridgehead atoms. The van der Waals surface area contributed by atoms with E-state index < -0.39 is 5.97 Å². The van der Waals surface area contributed by atoms with E-state index in [0.717, 1.165) is 5.56 Å². The molecule has 0 radical (unpaired) electrons. The Morgan fingerprint density at radius 3 is 2.60 bits per heavy atom. The first-order valence-corrected chi connectivity index (χ1v) is 6.55. The summed E-state index contributed by atoms with van der Waals surface area (Å²) in [7, 11) is 1.57. The van der Waals surface area contributed by atoms with E-state index in [-0.39, 0.29) is 24.8 Å². The normalized spacial score (nSPS) is 10.4. The number of methoxy groups -OCH3 is 1. The molecular weight excluding hydrogens is 258 g/mol. The molecule has 0 fully saturated rings. The highest BCUT2D eigenvalue weighted by Gasteiger charge is 2.18. The SMILES string of the molecule is COc1cccc(CC(=O)N(CC(=O)O)CC(C)C)c1. The van der Waals surface area contributed by atoms with E-state index in [0.29, 0.717) is 12.3 Å². The van der Waals surface area contributed by atoms with E-state index in [1.54, 1.807) is 19.2 Å². The Morgan fingerprint density at radius 2 is 2.05 bits per heavy atom. The van der Waals surface area contributed by atoms with Gasteiger partial charge in [0.15, 0.2) is 0 Å². The second-order valence-electron chi connectivity index (χ2n) is 5.09. The molecule has 0 saturated heterocycles. The fraction of sp³-hybridized carbons (Fsp3) is 0.467. The Kier molecular flexibility index (Phi) is 6.03. The molecule has 0 aliphatic carbocycles. The van der Waals surface area contributed by atoms with Gasteiger partial charge in [-0.2, -0.15) is 0 Å². The molecule has 5 heteroatoms. The first-order chi connectivity index (χ1) is 9.42. The Morgan fingerprint density at radius 1 is 1.35 bits per heavy atom. The number of ether oxygens (including phenoxy) is 1. The van der Waals surface area contributed by atoms with Crippen LogP contribution < -0.4 is 4.74 Å². The van der Waals surface area contributed by atoms with Gasteiger partial charge in [-0.25, -0.2) is 0 Å². The largest absolute Gasteiger partial charge is 0.497 e. The molecule has 110 valence electrons.